The van der Waals surface area contributed by atoms with Gasteiger partial charge in [-0.15, -0.1) is 0 Å². The third kappa shape index (κ3) is 3.78. The number of carbonyl (C=O) groups is 1. The van der Waals surface area contributed by atoms with E-state index in [9.17, 15) is 17.6 Å². The molecule has 3 N–H and O–H groups in total. The van der Waals surface area contributed by atoms with E-state index in [1.54, 1.807) is 0 Å². The van der Waals surface area contributed by atoms with Crippen LogP contribution in [0.3, 0.4) is 0 Å². The fraction of sp³-hybridized carbons (Fsp3) is 0. The Morgan fingerprint density at radius 1 is 1.14 bits per heavy atom. The summed E-state index contributed by atoms with van der Waals surface area (Å²) in [5.41, 5.74) is -0.0266. The van der Waals surface area contributed by atoms with Gasteiger partial charge in [-0.25, -0.2) is 17.9 Å². The van der Waals surface area contributed by atoms with Gasteiger partial charge in [-0.05, 0) is 42.5 Å². The van der Waals surface area contributed by atoms with Gasteiger partial charge in [0.05, 0.1) is 10.6 Å². The lowest BCUT2D eigenvalue weighted by atomic mass is 10.2. The van der Waals surface area contributed by atoms with Crippen molar-refractivity contribution >= 4 is 33.2 Å². The van der Waals surface area contributed by atoms with Crippen LogP contribution in [0.25, 0.3) is 0 Å². The zero-order valence-corrected chi connectivity index (χ0v) is 12.1. The van der Waals surface area contributed by atoms with Gasteiger partial charge < -0.3 is 5.32 Å². The van der Waals surface area contributed by atoms with Crippen LogP contribution < -0.4 is 10.5 Å². The summed E-state index contributed by atoms with van der Waals surface area (Å²) < 4.78 is 36.1. The van der Waals surface area contributed by atoms with Gasteiger partial charge in [0.2, 0.25) is 10.0 Å². The van der Waals surface area contributed by atoms with Crippen LogP contribution >= 0.6 is 11.6 Å². The Kier molecular flexibility index (Phi) is 4.26. The van der Waals surface area contributed by atoms with Gasteiger partial charge in [0, 0.05) is 10.6 Å². The highest BCUT2D eigenvalue weighted by Crippen LogP contribution is 2.20. The highest BCUT2D eigenvalue weighted by atomic mass is 35.5. The smallest absolute Gasteiger partial charge is 0.255 e. The van der Waals surface area contributed by atoms with Crippen molar-refractivity contribution in [1.29, 1.82) is 0 Å². The molecule has 0 bridgehead atoms. The van der Waals surface area contributed by atoms with Crippen LogP contribution in [-0.4, -0.2) is 14.3 Å². The average Bonchev–Trinajstić information content (AvgIpc) is 2.40. The molecule has 0 unspecified atom stereocenters. The van der Waals surface area contributed by atoms with Gasteiger partial charge >= 0.3 is 0 Å². The lowest BCUT2D eigenvalue weighted by Gasteiger charge is -2.08. The molecule has 0 aliphatic rings. The molecular formula is C13H10ClFN2O3S. The highest BCUT2D eigenvalue weighted by Gasteiger charge is 2.14. The Labute approximate surface area is 125 Å². The average molecular weight is 329 g/mol. The predicted molar refractivity (Wildman–Crippen MR) is 77.2 cm³/mol. The van der Waals surface area contributed by atoms with Crippen molar-refractivity contribution in [2.24, 2.45) is 5.14 Å². The third-order valence-electron chi connectivity index (χ3n) is 2.62. The van der Waals surface area contributed by atoms with Crippen molar-refractivity contribution in [3.63, 3.8) is 0 Å². The van der Waals surface area contributed by atoms with Crippen molar-refractivity contribution in [3.8, 4) is 0 Å². The van der Waals surface area contributed by atoms with Crippen molar-refractivity contribution in [3.05, 3.63) is 58.9 Å². The Balaban J connectivity index is 2.31. The van der Waals surface area contributed by atoms with E-state index < -0.39 is 21.7 Å². The number of carbonyl (C=O) groups excluding carboxylic acids is 1. The molecule has 2 aromatic rings. The molecular weight excluding hydrogens is 319 g/mol. The van der Waals surface area contributed by atoms with E-state index in [-0.39, 0.29) is 16.1 Å². The van der Waals surface area contributed by atoms with Crippen LogP contribution in [-0.2, 0) is 10.0 Å². The second kappa shape index (κ2) is 5.80. The van der Waals surface area contributed by atoms with E-state index in [1.807, 2.05) is 0 Å². The number of nitrogens with one attached hydrogen (secondary N) is 1. The number of nitrogens with two attached hydrogens (primary N) is 1. The Hall–Kier alpha value is -1.96. The van der Waals surface area contributed by atoms with E-state index in [2.05, 4.69) is 5.32 Å². The number of hydrogen-bond acceptors (Lipinski definition) is 3. The van der Waals surface area contributed by atoms with E-state index in [0.29, 0.717) is 5.02 Å². The number of rotatable bonds is 3. The molecule has 0 saturated carbocycles. The molecule has 0 aliphatic carbocycles. The molecule has 8 heteroatoms. The van der Waals surface area contributed by atoms with Gasteiger partial charge in [-0.2, -0.15) is 0 Å². The summed E-state index contributed by atoms with van der Waals surface area (Å²) in [6.45, 7) is 0. The summed E-state index contributed by atoms with van der Waals surface area (Å²) in [5, 5.41) is 7.69. The molecule has 0 radical (unpaired) electrons. The predicted octanol–water partition coefficient (Wildman–Crippen LogP) is 2.38. The summed E-state index contributed by atoms with van der Waals surface area (Å²) in [6.07, 6.45) is 0. The van der Waals surface area contributed by atoms with Crippen LogP contribution in [0.5, 0.6) is 0 Å². The Bertz CT molecular complexity index is 792. The first-order valence-electron chi connectivity index (χ1n) is 5.66. The molecule has 2 aromatic carbocycles. The zero-order chi connectivity index (χ0) is 15.6. The monoisotopic (exact) mass is 328 g/mol. The van der Waals surface area contributed by atoms with Gasteiger partial charge in [-0.1, -0.05) is 11.6 Å². The van der Waals surface area contributed by atoms with Gasteiger partial charge in [0.25, 0.3) is 5.91 Å². The quantitative estimate of drug-likeness (QED) is 0.906. The van der Waals surface area contributed by atoms with Crippen LogP contribution in [0.1, 0.15) is 10.4 Å². The minimum atomic E-state index is -3.98. The number of amides is 1. The third-order valence-corrected chi connectivity index (χ3v) is 3.78. The summed E-state index contributed by atoms with van der Waals surface area (Å²) in [7, 11) is -3.98. The maximum Gasteiger partial charge on any atom is 0.255 e. The first-order chi connectivity index (χ1) is 9.77. The van der Waals surface area contributed by atoms with E-state index >= 15 is 0 Å². The molecule has 0 aliphatic heterocycles. The van der Waals surface area contributed by atoms with Crippen LogP contribution in [0, 0.1) is 5.82 Å². The van der Waals surface area contributed by atoms with Crippen LogP contribution in [0.2, 0.25) is 5.02 Å². The molecule has 0 atom stereocenters. The van der Waals surface area contributed by atoms with Crippen LogP contribution in [0.4, 0.5) is 10.1 Å². The maximum absolute atomic E-state index is 13.6. The number of primary sulfonamides is 1. The number of benzene rings is 2. The van der Waals surface area contributed by atoms with E-state index in [4.69, 9.17) is 16.7 Å². The summed E-state index contributed by atoms with van der Waals surface area (Å²) >= 11 is 5.70. The van der Waals surface area contributed by atoms with E-state index in [0.717, 1.165) is 18.2 Å². The summed E-state index contributed by atoms with van der Waals surface area (Å²) in [5.74, 6) is -1.37. The zero-order valence-electron chi connectivity index (χ0n) is 10.5. The molecule has 5 nitrogen and oxygen atoms in total. The second-order valence-corrected chi connectivity index (χ2v) is 6.15. The highest BCUT2D eigenvalue weighted by molar-refractivity contribution is 7.89. The largest absolute Gasteiger partial charge is 0.319 e. The lowest BCUT2D eigenvalue weighted by Crippen LogP contribution is -2.15. The first kappa shape index (κ1) is 15.4. The van der Waals surface area contributed by atoms with Gasteiger partial charge in [0.1, 0.15) is 5.82 Å². The molecule has 2 rings (SSSR count). The molecule has 21 heavy (non-hydrogen) atoms. The fourth-order valence-corrected chi connectivity index (χ4v) is 2.24. The number of halogens is 2. The molecule has 0 fully saturated rings. The Morgan fingerprint density at radius 3 is 2.33 bits per heavy atom. The number of hydrogen-bond donors (Lipinski definition) is 2. The first-order valence-corrected chi connectivity index (χ1v) is 7.59. The van der Waals surface area contributed by atoms with Gasteiger partial charge in [0.15, 0.2) is 0 Å². The molecule has 0 heterocycles. The number of sulfonamides is 1. The van der Waals surface area contributed by atoms with Crippen molar-refractivity contribution < 1.29 is 17.6 Å². The van der Waals surface area contributed by atoms with Crippen molar-refractivity contribution in [2.75, 3.05) is 5.32 Å². The Morgan fingerprint density at radius 2 is 1.76 bits per heavy atom. The molecule has 0 aromatic heterocycles. The van der Waals surface area contributed by atoms with Crippen molar-refractivity contribution in [1.82, 2.24) is 0 Å². The summed E-state index contributed by atoms with van der Waals surface area (Å²) in [4.78, 5) is 11.6. The molecule has 0 saturated heterocycles. The standard InChI is InChI=1S/C13H10ClFN2O3S/c14-9-3-1-8(2-4-9)13(18)17-12-7-10(21(16,19)20)5-6-11(12)15/h1-7H,(H,17,18)(H2,16,19,20). The summed E-state index contributed by atoms with van der Waals surface area (Å²) in [6, 6.07) is 8.82. The number of anilines is 1. The minimum Gasteiger partial charge on any atom is -0.319 e. The molecule has 110 valence electrons. The molecule has 1 amide bonds. The van der Waals surface area contributed by atoms with Crippen LogP contribution in [0.15, 0.2) is 47.4 Å². The molecule has 0 spiro atoms. The fourth-order valence-electron chi connectivity index (χ4n) is 1.57. The lowest BCUT2D eigenvalue weighted by molar-refractivity contribution is 0.102. The van der Waals surface area contributed by atoms with Crippen molar-refractivity contribution in [2.45, 2.75) is 4.90 Å². The minimum absolute atomic E-state index is 0.250. The normalized spacial score (nSPS) is 11.2. The van der Waals surface area contributed by atoms with Gasteiger partial charge in [-0.3, -0.25) is 4.79 Å². The maximum atomic E-state index is 13.6. The van der Waals surface area contributed by atoms with E-state index in [1.165, 1.54) is 24.3 Å². The SMILES string of the molecule is NS(=O)(=O)c1ccc(F)c(NC(=O)c2ccc(Cl)cc2)c1. The second-order valence-electron chi connectivity index (χ2n) is 4.15. The topological polar surface area (TPSA) is 89.3 Å².